The van der Waals surface area contributed by atoms with Gasteiger partial charge in [-0.1, -0.05) is 20.3 Å². The summed E-state index contributed by atoms with van der Waals surface area (Å²) in [5.74, 6) is 2.20. The summed E-state index contributed by atoms with van der Waals surface area (Å²) in [6, 6.07) is 8.14. The van der Waals surface area contributed by atoms with E-state index < -0.39 is 6.04 Å². The summed E-state index contributed by atoms with van der Waals surface area (Å²) in [6.45, 7) is 5.08. The van der Waals surface area contributed by atoms with Gasteiger partial charge in [0.05, 0.1) is 14.2 Å². The number of hydrogen-bond acceptors (Lipinski definition) is 6. The van der Waals surface area contributed by atoms with Crippen LogP contribution in [-0.2, 0) is 17.8 Å². The minimum atomic E-state index is -0.685. The number of anilines is 1. The lowest BCUT2D eigenvalue weighted by molar-refractivity contribution is -0.119. The zero-order valence-electron chi connectivity index (χ0n) is 20.0. The first-order chi connectivity index (χ1) is 16.4. The van der Waals surface area contributed by atoms with Crippen molar-refractivity contribution in [1.82, 2.24) is 10.2 Å². The van der Waals surface area contributed by atoms with Crippen molar-refractivity contribution in [2.75, 3.05) is 32.9 Å². The van der Waals surface area contributed by atoms with Gasteiger partial charge in [0.15, 0.2) is 23.0 Å². The minimum absolute atomic E-state index is 0.0561. The highest BCUT2D eigenvalue weighted by atomic mass is 16.7. The number of carbonyl (C=O) groups is 2. The highest BCUT2D eigenvalue weighted by Gasteiger charge is 2.30. The van der Waals surface area contributed by atoms with E-state index in [2.05, 4.69) is 10.6 Å². The summed E-state index contributed by atoms with van der Waals surface area (Å²) in [6.07, 6.45) is 1.43. The van der Waals surface area contributed by atoms with Crippen molar-refractivity contribution in [2.45, 2.75) is 39.3 Å². The van der Waals surface area contributed by atoms with Gasteiger partial charge in [-0.05, 0) is 47.7 Å². The predicted octanol–water partition coefficient (Wildman–Crippen LogP) is 3.55. The topological polar surface area (TPSA) is 98.4 Å². The van der Waals surface area contributed by atoms with Gasteiger partial charge in [0, 0.05) is 24.8 Å². The zero-order valence-corrected chi connectivity index (χ0v) is 20.0. The smallest absolute Gasteiger partial charge is 0.318 e. The van der Waals surface area contributed by atoms with Gasteiger partial charge in [-0.25, -0.2) is 4.79 Å². The molecule has 2 aromatic carbocycles. The second kappa shape index (κ2) is 10.1. The Morgan fingerprint density at radius 3 is 2.47 bits per heavy atom. The van der Waals surface area contributed by atoms with Gasteiger partial charge in [-0.15, -0.1) is 0 Å². The Hall–Kier alpha value is -3.62. The van der Waals surface area contributed by atoms with E-state index in [1.807, 2.05) is 26.0 Å². The summed E-state index contributed by atoms with van der Waals surface area (Å²) < 4.78 is 21.5. The molecule has 2 aliphatic rings. The summed E-state index contributed by atoms with van der Waals surface area (Å²) in [5, 5.41) is 5.86. The van der Waals surface area contributed by atoms with E-state index >= 15 is 0 Å². The van der Waals surface area contributed by atoms with Crippen molar-refractivity contribution >= 4 is 17.6 Å². The molecule has 34 heavy (non-hydrogen) atoms. The van der Waals surface area contributed by atoms with Crippen LogP contribution < -0.4 is 29.6 Å². The normalized spacial score (nSPS) is 15.7. The van der Waals surface area contributed by atoms with Crippen LogP contribution in [0, 0.1) is 5.92 Å². The fraction of sp³-hybridized carbons (Fsp3) is 0.440. The maximum absolute atomic E-state index is 13.2. The van der Waals surface area contributed by atoms with Crippen LogP contribution in [0.1, 0.15) is 31.4 Å². The quantitative estimate of drug-likeness (QED) is 0.644. The number of nitrogens with zero attached hydrogens (tertiary/aromatic N) is 1. The van der Waals surface area contributed by atoms with E-state index in [0.717, 1.165) is 17.5 Å². The number of fused-ring (bicyclic) bond motifs is 2. The fourth-order valence-electron chi connectivity index (χ4n) is 4.18. The number of ether oxygens (including phenoxy) is 4. The summed E-state index contributed by atoms with van der Waals surface area (Å²) >= 11 is 0. The molecule has 0 fully saturated rings. The molecule has 9 heteroatoms. The van der Waals surface area contributed by atoms with Crippen LogP contribution in [0.2, 0.25) is 0 Å². The van der Waals surface area contributed by atoms with Crippen molar-refractivity contribution in [2.24, 2.45) is 5.92 Å². The molecule has 0 bridgehead atoms. The first kappa shape index (κ1) is 23.5. The Kier molecular flexibility index (Phi) is 7.00. The molecule has 0 aliphatic carbocycles. The van der Waals surface area contributed by atoms with Crippen LogP contribution in [0.5, 0.6) is 23.0 Å². The van der Waals surface area contributed by atoms with Gasteiger partial charge >= 0.3 is 6.03 Å². The average Bonchev–Trinajstić information content (AvgIpc) is 3.33. The van der Waals surface area contributed by atoms with Crippen molar-refractivity contribution < 1.29 is 28.5 Å². The summed E-state index contributed by atoms with van der Waals surface area (Å²) in [5.41, 5.74) is 2.72. The third-order valence-electron chi connectivity index (χ3n) is 6.42. The predicted molar refractivity (Wildman–Crippen MR) is 127 cm³/mol. The Labute approximate surface area is 199 Å². The van der Waals surface area contributed by atoms with Gasteiger partial charge in [-0.3, -0.25) is 4.79 Å². The SMILES string of the molecule is CCC(C)C(NC(=O)N1CCc2cc(OC)c(OC)cc2C1)C(=O)Nc1ccc2c(c1)OCO2. The van der Waals surface area contributed by atoms with Gasteiger partial charge in [0.2, 0.25) is 12.7 Å². The molecule has 2 aromatic rings. The molecule has 9 nitrogen and oxygen atoms in total. The van der Waals surface area contributed by atoms with Gasteiger partial charge in [0.25, 0.3) is 0 Å². The third kappa shape index (κ3) is 4.83. The van der Waals surface area contributed by atoms with Gasteiger partial charge < -0.3 is 34.5 Å². The van der Waals surface area contributed by atoms with Crippen molar-refractivity contribution in [3.63, 3.8) is 0 Å². The first-order valence-electron chi connectivity index (χ1n) is 11.4. The summed E-state index contributed by atoms with van der Waals surface area (Å²) in [4.78, 5) is 28.0. The molecule has 3 amide bonds. The highest BCUT2D eigenvalue weighted by Crippen LogP contribution is 2.35. The number of amides is 3. The molecule has 2 unspecified atom stereocenters. The number of urea groups is 1. The number of methoxy groups -OCH3 is 2. The van der Waals surface area contributed by atoms with Crippen LogP contribution in [0.25, 0.3) is 0 Å². The van der Waals surface area contributed by atoms with Crippen LogP contribution in [0.4, 0.5) is 10.5 Å². The Balaban J connectivity index is 1.45. The van der Waals surface area contributed by atoms with E-state index in [-0.39, 0.29) is 24.6 Å². The number of nitrogens with one attached hydrogen (secondary N) is 2. The first-order valence-corrected chi connectivity index (χ1v) is 11.4. The molecule has 0 aromatic heterocycles. The van der Waals surface area contributed by atoms with E-state index in [0.29, 0.717) is 48.2 Å². The van der Waals surface area contributed by atoms with Crippen LogP contribution in [0.15, 0.2) is 30.3 Å². The lowest BCUT2D eigenvalue weighted by Crippen LogP contribution is -2.53. The molecular formula is C25H31N3O6. The van der Waals surface area contributed by atoms with E-state index in [1.54, 1.807) is 37.3 Å². The van der Waals surface area contributed by atoms with Crippen molar-refractivity contribution in [1.29, 1.82) is 0 Å². The summed E-state index contributed by atoms with van der Waals surface area (Å²) in [7, 11) is 3.20. The van der Waals surface area contributed by atoms with Crippen LogP contribution in [0.3, 0.4) is 0 Å². The van der Waals surface area contributed by atoms with E-state index in [9.17, 15) is 9.59 Å². The van der Waals surface area contributed by atoms with Crippen LogP contribution >= 0.6 is 0 Å². The van der Waals surface area contributed by atoms with Gasteiger partial charge in [-0.2, -0.15) is 0 Å². The lowest BCUT2D eigenvalue weighted by atomic mass is 9.97. The monoisotopic (exact) mass is 469 g/mol. The van der Waals surface area contributed by atoms with Crippen LogP contribution in [-0.4, -0.2) is 50.4 Å². The molecular weight excluding hydrogens is 438 g/mol. The third-order valence-corrected chi connectivity index (χ3v) is 6.42. The Bertz CT molecular complexity index is 1070. The maximum Gasteiger partial charge on any atom is 0.318 e. The maximum atomic E-state index is 13.2. The molecule has 0 saturated heterocycles. The molecule has 182 valence electrons. The van der Waals surface area contributed by atoms with E-state index in [4.69, 9.17) is 18.9 Å². The molecule has 0 radical (unpaired) electrons. The molecule has 2 heterocycles. The molecule has 4 rings (SSSR count). The van der Waals surface area contributed by atoms with Crippen molar-refractivity contribution in [3.8, 4) is 23.0 Å². The Morgan fingerprint density at radius 1 is 1.06 bits per heavy atom. The lowest BCUT2D eigenvalue weighted by Gasteiger charge is -2.32. The number of benzene rings is 2. The second-order valence-corrected chi connectivity index (χ2v) is 8.52. The Morgan fingerprint density at radius 2 is 1.76 bits per heavy atom. The molecule has 2 atom stereocenters. The number of carbonyl (C=O) groups excluding carboxylic acids is 2. The number of rotatable bonds is 7. The highest BCUT2D eigenvalue weighted by molar-refractivity contribution is 5.97. The molecule has 2 aliphatic heterocycles. The van der Waals surface area contributed by atoms with E-state index in [1.165, 1.54) is 0 Å². The minimum Gasteiger partial charge on any atom is -0.493 e. The average molecular weight is 470 g/mol. The molecule has 0 saturated carbocycles. The zero-order chi connectivity index (χ0) is 24.2. The largest absolute Gasteiger partial charge is 0.493 e. The molecule has 2 N–H and O–H groups in total. The van der Waals surface area contributed by atoms with Crippen molar-refractivity contribution in [3.05, 3.63) is 41.5 Å². The standard InChI is InChI=1S/C25H31N3O6/c1-5-15(2)23(24(29)26-18-6-7-19-22(12-18)34-14-33-19)27-25(30)28-9-8-16-10-20(31-3)21(32-4)11-17(16)13-28/h6-7,10-12,15,23H,5,8-9,13-14H2,1-4H3,(H,26,29)(H,27,30). The second-order valence-electron chi connectivity index (χ2n) is 8.52. The fourth-order valence-corrected chi connectivity index (χ4v) is 4.18. The van der Waals surface area contributed by atoms with Gasteiger partial charge in [0.1, 0.15) is 6.04 Å². The molecule has 0 spiro atoms. The number of hydrogen-bond donors (Lipinski definition) is 2.